The third kappa shape index (κ3) is 8.73. The number of ether oxygens (including phenoxy) is 1. The van der Waals surface area contributed by atoms with E-state index < -0.39 is 26.0 Å². The van der Waals surface area contributed by atoms with Gasteiger partial charge in [0.1, 0.15) is 6.61 Å². The summed E-state index contributed by atoms with van der Waals surface area (Å²) in [6.07, 6.45) is -1.07. The molecule has 1 aromatic carbocycles. The van der Waals surface area contributed by atoms with Crippen molar-refractivity contribution in [3.05, 3.63) is 35.9 Å². The first-order valence-electron chi connectivity index (χ1n) is 9.78. The standard InChI is InChI=1S/C21H33F5OP/c1-17(2)13-28(14-18(3)4,15-19-9-6-5-7-10-19)12-8-11-27-16-20(22,23)21(24,25)26/h5-7,9-10,17-18H,8,11-16H2,1-4H3/q+1. The molecule has 28 heavy (non-hydrogen) atoms. The lowest BCUT2D eigenvalue weighted by Crippen LogP contribution is -2.40. The molecular weight excluding hydrogens is 394 g/mol. The summed E-state index contributed by atoms with van der Waals surface area (Å²) < 4.78 is 67.4. The third-order valence-electron chi connectivity index (χ3n) is 4.48. The van der Waals surface area contributed by atoms with Crippen molar-refractivity contribution >= 4 is 7.26 Å². The van der Waals surface area contributed by atoms with Gasteiger partial charge in [0.2, 0.25) is 0 Å². The maximum atomic E-state index is 13.0. The first-order chi connectivity index (χ1) is 12.9. The van der Waals surface area contributed by atoms with Crippen molar-refractivity contribution in [2.75, 3.05) is 31.7 Å². The number of alkyl halides is 5. The molecule has 0 N–H and O–H groups in total. The molecule has 0 amide bonds. The molecule has 0 aliphatic heterocycles. The van der Waals surface area contributed by atoms with Gasteiger partial charge in [-0.15, -0.1) is 0 Å². The highest BCUT2D eigenvalue weighted by molar-refractivity contribution is 7.75. The summed E-state index contributed by atoms with van der Waals surface area (Å²) in [5.41, 5.74) is 1.27. The van der Waals surface area contributed by atoms with Crippen molar-refractivity contribution in [3.63, 3.8) is 0 Å². The lowest BCUT2D eigenvalue weighted by atomic mass is 10.2. The van der Waals surface area contributed by atoms with Crippen LogP contribution >= 0.6 is 7.26 Å². The highest BCUT2D eigenvalue weighted by Gasteiger charge is 2.57. The van der Waals surface area contributed by atoms with Crippen molar-refractivity contribution in [1.29, 1.82) is 0 Å². The van der Waals surface area contributed by atoms with Crippen LogP contribution in [-0.4, -0.2) is 43.8 Å². The Bertz CT molecular complexity index is 548. The van der Waals surface area contributed by atoms with Gasteiger partial charge < -0.3 is 4.74 Å². The Morgan fingerprint density at radius 2 is 1.43 bits per heavy atom. The van der Waals surface area contributed by atoms with Gasteiger partial charge in [-0.2, -0.15) is 22.0 Å². The van der Waals surface area contributed by atoms with Crippen molar-refractivity contribution in [2.24, 2.45) is 11.8 Å². The van der Waals surface area contributed by atoms with E-state index in [1.165, 1.54) is 5.56 Å². The number of halogens is 5. The molecule has 0 bridgehead atoms. The van der Waals surface area contributed by atoms with E-state index in [9.17, 15) is 22.0 Å². The van der Waals surface area contributed by atoms with E-state index in [2.05, 4.69) is 39.8 Å². The second kappa shape index (κ2) is 10.9. The molecule has 0 unspecified atom stereocenters. The van der Waals surface area contributed by atoms with Crippen LogP contribution in [0.25, 0.3) is 0 Å². The van der Waals surface area contributed by atoms with Gasteiger partial charge in [-0.1, -0.05) is 58.0 Å². The van der Waals surface area contributed by atoms with E-state index in [0.717, 1.165) is 24.6 Å². The van der Waals surface area contributed by atoms with E-state index in [4.69, 9.17) is 4.74 Å². The fourth-order valence-corrected chi connectivity index (χ4v) is 9.58. The van der Waals surface area contributed by atoms with Crippen molar-refractivity contribution in [2.45, 2.75) is 52.4 Å². The Kier molecular flexibility index (Phi) is 9.82. The summed E-state index contributed by atoms with van der Waals surface area (Å²) in [5, 5.41) is 0. The maximum Gasteiger partial charge on any atom is 0.455 e. The Labute approximate surface area is 166 Å². The van der Waals surface area contributed by atoms with E-state index in [1.807, 2.05) is 18.2 Å². The SMILES string of the molecule is CC(C)C[P+](CCCOCC(F)(F)C(F)(F)F)(Cc1ccccc1)CC(C)C. The molecule has 1 nitrogen and oxygen atoms in total. The molecule has 7 heteroatoms. The van der Waals surface area contributed by atoms with Gasteiger partial charge in [-0.3, -0.25) is 0 Å². The summed E-state index contributed by atoms with van der Waals surface area (Å²) in [7, 11) is -1.43. The van der Waals surface area contributed by atoms with Gasteiger partial charge in [-0.05, 0) is 17.4 Å². The van der Waals surface area contributed by atoms with Crippen molar-refractivity contribution in [3.8, 4) is 0 Å². The second-order valence-corrected chi connectivity index (χ2v) is 12.6. The fraction of sp³-hybridized carbons (Fsp3) is 0.714. The van der Waals surface area contributed by atoms with Gasteiger partial charge in [0.25, 0.3) is 0 Å². The van der Waals surface area contributed by atoms with Gasteiger partial charge >= 0.3 is 12.1 Å². The summed E-state index contributed by atoms with van der Waals surface area (Å²) >= 11 is 0. The summed E-state index contributed by atoms with van der Waals surface area (Å²) in [6.45, 7) is 7.05. The molecule has 0 saturated heterocycles. The summed E-state index contributed by atoms with van der Waals surface area (Å²) in [5.74, 6) is -3.78. The Morgan fingerprint density at radius 3 is 1.89 bits per heavy atom. The van der Waals surface area contributed by atoms with Gasteiger partial charge in [0, 0.05) is 13.7 Å². The van der Waals surface area contributed by atoms with Crippen LogP contribution in [0.3, 0.4) is 0 Å². The minimum absolute atomic E-state index is 0.0710. The van der Waals surface area contributed by atoms with E-state index >= 15 is 0 Å². The average Bonchev–Trinajstić information content (AvgIpc) is 2.52. The van der Waals surface area contributed by atoms with Gasteiger partial charge in [0.05, 0.1) is 31.3 Å². The molecule has 0 heterocycles. The van der Waals surface area contributed by atoms with Crippen LogP contribution in [0.4, 0.5) is 22.0 Å². The monoisotopic (exact) mass is 427 g/mol. The average molecular weight is 427 g/mol. The van der Waals surface area contributed by atoms with Crippen LogP contribution in [0.5, 0.6) is 0 Å². The Morgan fingerprint density at radius 1 is 0.893 bits per heavy atom. The fourth-order valence-electron chi connectivity index (χ4n) is 3.77. The maximum absolute atomic E-state index is 13.0. The minimum atomic E-state index is -5.56. The van der Waals surface area contributed by atoms with Crippen molar-refractivity contribution in [1.82, 2.24) is 0 Å². The van der Waals surface area contributed by atoms with E-state index in [1.54, 1.807) is 0 Å². The predicted molar refractivity (Wildman–Crippen MR) is 108 cm³/mol. The molecule has 0 aromatic heterocycles. The molecule has 0 aliphatic rings. The molecule has 0 aliphatic carbocycles. The Balaban J connectivity index is 2.76. The first-order valence-corrected chi connectivity index (χ1v) is 12.3. The molecule has 0 saturated carbocycles. The molecule has 0 atom stereocenters. The van der Waals surface area contributed by atoms with Crippen LogP contribution in [0.1, 0.15) is 39.7 Å². The topological polar surface area (TPSA) is 9.23 Å². The van der Waals surface area contributed by atoms with Gasteiger partial charge in [-0.25, -0.2) is 0 Å². The van der Waals surface area contributed by atoms with Crippen LogP contribution in [0.15, 0.2) is 30.3 Å². The molecular formula is C21H33F5OP+. The summed E-state index contributed by atoms with van der Waals surface area (Å²) in [6, 6.07) is 10.2. The largest absolute Gasteiger partial charge is 0.455 e. The van der Waals surface area contributed by atoms with E-state index in [-0.39, 0.29) is 6.61 Å². The molecule has 162 valence electrons. The van der Waals surface area contributed by atoms with Gasteiger partial charge in [0.15, 0.2) is 0 Å². The number of hydrogen-bond donors (Lipinski definition) is 0. The lowest BCUT2D eigenvalue weighted by Gasteiger charge is -2.31. The zero-order chi connectivity index (χ0) is 21.4. The van der Waals surface area contributed by atoms with Crippen molar-refractivity contribution < 1.29 is 26.7 Å². The highest BCUT2D eigenvalue weighted by Crippen LogP contribution is 2.64. The zero-order valence-electron chi connectivity index (χ0n) is 17.2. The number of benzene rings is 1. The van der Waals surface area contributed by atoms with Crippen LogP contribution in [0, 0.1) is 11.8 Å². The minimum Gasteiger partial charge on any atom is -0.375 e. The first kappa shape index (κ1) is 25.3. The zero-order valence-corrected chi connectivity index (χ0v) is 18.1. The predicted octanol–water partition coefficient (Wildman–Crippen LogP) is 7.12. The smallest absolute Gasteiger partial charge is 0.375 e. The molecule has 0 spiro atoms. The molecule has 1 aromatic rings. The normalized spacial score (nSPS) is 13.5. The number of hydrogen-bond acceptors (Lipinski definition) is 1. The second-order valence-electron chi connectivity index (χ2n) is 8.47. The third-order valence-corrected chi connectivity index (χ3v) is 9.80. The lowest BCUT2D eigenvalue weighted by molar-refractivity contribution is -0.296. The van der Waals surface area contributed by atoms with Crippen LogP contribution in [0.2, 0.25) is 0 Å². The molecule has 0 radical (unpaired) electrons. The summed E-state index contributed by atoms with van der Waals surface area (Å²) in [4.78, 5) is 0. The quantitative estimate of drug-likeness (QED) is 0.196. The molecule has 0 fully saturated rings. The molecule has 1 rings (SSSR count). The van der Waals surface area contributed by atoms with Crippen LogP contribution in [-0.2, 0) is 10.9 Å². The Hall–Kier alpha value is -0.740. The van der Waals surface area contributed by atoms with E-state index in [0.29, 0.717) is 18.3 Å². The highest BCUT2D eigenvalue weighted by atomic mass is 31.2. The number of rotatable bonds is 12. The van der Waals surface area contributed by atoms with Crippen LogP contribution < -0.4 is 0 Å².